The van der Waals surface area contributed by atoms with Crippen LogP contribution in [0, 0.1) is 11.8 Å². The van der Waals surface area contributed by atoms with Crippen LogP contribution in [0.5, 0.6) is 0 Å². The molecule has 2 aliphatic carbocycles. The van der Waals surface area contributed by atoms with Gasteiger partial charge < -0.3 is 9.47 Å². The Morgan fingerprint density at radius 1 is 0.750 bits per heavy atom. The minimum absolute atomic E-state index is 0.00437. The summed E-state index contributed by atoms with van der Waals surface area (Å²) >= 11 is 0. The summed E-state index contributed by atoms with van der Waals surface area (Å²) in [5.74, 6) is -1.000. The van der Waals surface area contributed by atoms with Gasteiger partial charge in [0.2, 0.25) is 0 Å². The van der Waals surface area contributed by atoms with Crippen LogP contribution in [0.4, 0.5) is 0 Å². The van der Waals surface area contributed by atoms with Crippen molar-refractivity contribution in [2.45, 2.75) is 103 Å². The summed E-state index contributed by atoms with van der Waals surface area (Å²) in [6.45, 7) is 4.21. The van der Waals surface area contributed by atoms with Crippen molar-refractivity contribution in [3.63, 3.8) is 0 Å². The van der Waals surface area contributed by atoms with Crippen molar-refractivity contribution < 1.29 is 19.1 Å². The molecule has 2 fully saturated rings. The van der Waals surface area contributed by atoms with Gasteiger partial charge >= 0.3 is 11.9 Å². The molecule has 2 rings (SSSR count). The van der Waals surface area contributed by atoms with E-state index < -0.39 is 5.92 Å². The minimum atomic E-state index is -0.740. The van der Waals surface area contributed by atoms with Crippen LogP contribution >= 0.6 is 0 Å². The average molecular weight is 338 g/mol. The lowest BCUT2D eigenvalue weighted by Crippen LogP contribution is -2.34. The van der Waals surface area contributed by atoms with Gasteiger partial charge in [-0.15, -0.1) is 0 Å². The Balaban J connectivity index is 1.90. The molecular weight excluding hydrogens is 304 g/mol. The van der Waals surface area contributed by atoms with Crippen molar-refractivity contribution in [1.82, 2.24) is 0 Å². The molecule has 0 aromatic carbocycles. The van der Waals surface area contributed by atoms with Crippen LogP contribution in [0.2, 0.25) is 0 Å². The highest BCUT2D eigenvalue weighted by Gasteiger charge is 2.33. The molecule has 24 heavy (non-hydrogen) atoms. The molecule has 0 unspecified atom stereocenters. The fourth-order valence-electron chi connectivity index (χ4n) is 3.69. The highest BCUT2D eigenvalue weighted by atomic mass is 16.6. The molecule has 0 atom stereocenters. The van der Waals surface area contributed by atoms with E-state index in [9.17, 15) is 9.59 Å². The molecule has 0 aromatic rings. The molecule has 4 nitrogen and oxygen atoms in total. The number of carbonyl (C=O) groups is 2. The molecule has 0 radical (unpaired) electrons. The van der Waals surface area contributed by atoms with Gasteiger partial charge in [-0.2, -0.15) is 0 Å². The van der Waals surface area contributed by atoms with E-state index in [2.05, 4.69) is 13.8 Å². The molecule has 138 valence electrons. The maximum atomic E-state index is 12.6. The Labute approximate surface area is 146 Å². The van der Waals surface area contributed by atoms with Crippen molar-refractivity contribution in [1.29, 1.82) is 0 Å². The topological polar surface area (TPSA) is 52.6 Å². The predicted molar refractivity (Wildman–Crippen MR) is 93.5 cm³/mol. The molecule has 0 spiro atoms. The number of rotatable bonds is 7. The van der Waals surface area contributed by atoms with Crippen LogP contribution in [0.3, 0.4) is 0 Å². The number of carbonyl (C=O) groups excluding carboxylic acids is 2. The number of ether oxygens (including phenoxy) is 2. The lowest BCUT2D eigenvalue weighted by Gasteiger charge is -2.26. The third-order valence-corrected chi connectivity index (χ3v) is 5.27. The van der Waals surface area contributed by atoms with Gasteiger partial charge in [0.15, 0.2) is 5.92 Å². The fraction of sp³-hybridized carbons (Fsp3) is 0.900. The third-order valence-electron chi connectivity index (χ3n) is 5.27. The summed E-state index contributed by atoms with van der Waals surface area (Å²) in [4.78, 5) is 25.2. The Bertz CT molecular complexity index is 360. The zero-order valence-corrected chi connectivity index (χ0v) is 15.4. The van der Waals surface area contributed by atoms with Gasteiger partial charge in [-0.1, -0.05) is 26.7 Å². The Hall–Kier alpha value is -1.06. The van der Waals surface area contributed by atoms with Crippen LogP contribution in [-0.2, 0) is 19.1 Å². The molecule has 0 amide bonds. The van der Waals surface area contributed by atoms with Gasteiger partial charge in [-0.25, -0.2) is 0 Å². The minimum Gasteiger partial charge on any atom is -0.462 e. The number of hydrogen-bond donors (Lipinski definition) is 0. The number of hydrogen-bond acceptors (Lipinski definition) is 4. The fourth-order valence-corrected chi connectivity index (χ4v) is 3.69. The summed E-state index contributed by atoms with van der Waals surface area (Å²) in [5, 5.41) is 0. The van der Waals surface area contributed by atoms with Crippen LogP contribution in [0.15, 0.2) is 0 Å². The Morgan fingerprint density at radius 2 is 1.17 bits per heavy atom. The summed E-state index contributed by atoms with van der Waals surface area (Å²) < 4.78 is 11.3. The molecular formula is C20H34O4. The lowest BCUT2D eigenvalue weighted by atomic mass is 9.95. The summed E-state index contributed by atoms with van der Waals surface area (Å²) in [6.07, 6.45) is 12.0. The van der Waals surface area contributed by atoms with Crippen molar-refractivity contribution in [3.8, 4) is 0 Å². The zero-order chi connectivity index (χ0) is 17.4. The third kappa shape index (κ3) is 6.45. The summed E-state index contributed by atoms with van der Waals surface area (Å²) in [6, 6.07) is 0. The van der Waals surface area contributed by atoms with E-state index in [4.69, 9.17) is 9.47 Å². The van der Waals surface area contributed by atoms with E-state index in [-0.39, 0.29) is 24.1 Å². The summed E-state index contributed by atoms with van der Waals surface area (Å²) in [7, 11) is 0. The molecule has 0 saturated heterocycles. The van der Waals surface area contributed by atoms with Crippen LogP contribution in [0.1, 0.15) is 90.9 Å². The van der Waals surface area contributed by atoms with Gasteiger partial charge in [0, 0.05) is 0 Å². The van der Waals surface area contributed by atoms with Crippen LogP contribution in [0.25, 0.3) is 0 Å². The molecule has 0 bridgehead atoms. The van der Waals surface area contributed by atoms with Gasteiger partial charge in [0.1, 0.15) is 12.2 Å². The molecule has 0 heterocycles. The van der Waals surface area contributed by atoms with Gasteiger partial charge in [-0.05, 0) is 70.1 Å². The van der Waals surface area contributed by atoms with Crippen molar-refractivity contribution in [3.05, 3.63) is 0 Å². The lowest BCUT2D eigenvalue weighted by molar-refractivity contribution is -0.170. The highest BCUT2D eigenvalue weighted by molar-refractivity contribution is 5.95. The van der Waals surface area contributed by atoms with E-state index in [1.54, 1.807) is 0 Å². The van der Waals surface area contributed by atoms with Crippen molar-refractivity contribution in [2.24, 2.45) is 11.8 Å². The smallest absolute Gasteiger partial charge is 0.320 e. The second-order valence-corrected chi connectivity index (χ2v) is 7.92. The quantitative estimate of drug-likeness (QED) is 0.495. The predicted octanol–water partition coefficient (Wildman–Crippen LogP) is 4.79. The highest BCUT2D eigenvalue weighted by Crippen LogP contribution is 2.25. The Morgan fingerprint density at radius 3 is 1.54 bits per heavy atom. The monoisotopic (exact) mass is 338 g/mol. The molecule has 2 aliphatic rings. The second kappa shape index (κ2) is 10.0. The first-order valence-electron chi connectivity index (χ1n) is 9.97. The summed E-state index contributed by atoms with van der Waals surface area (Å²) in [5.41, 5.74) is 0. The molecule has 2 saturated carbocycles. The largest absolute Gasteiger partial charge is 0.462 e. The van der Waals surface area contributed by atoms with E-state index in [0.29, 0.717) is 12.3 Å². The number of esters is 2. The van der Waals surface area contributed by atoms with Gasteiger partial charge in [0.05, 0.1) is 0 Å². The van der Waals surface area contributed by atoms with Crippen molar-refractivity contribution in [2.75, 3.05) is 0 Å². The molecule has 0 aliphatic heterocycles. The first-order valence-corrected chi connectivity index (χ1v) is 9.97. The first kappa shape index (κ1) is 19.3. The molecule has 4 heteroatoms. The van der Waals surface area contributed by atoms with Gasteiger partial charge in [-0.3, -0.25) is 9.59 Å². The van der Waals surface area contributed by atoms with Gasteiger partial charge in [0.25, 0.3) is 0 Å². The Kier molecular flexibility index (Phi) is 8.07. The van der Waals surface area contributed by atoms with E-state index in [1.165, 1.54) is 12.8 Å². The second-order valence-electron chi connectivity index (χ2n) is 7.92. The standard InChI is InChI=1S/C20H34O4/c1-15(2)13-14-18(19(21)23-16-9-5-3-6-10-16)20(22)24-17-11-7-4-8-12-17/h15-18H,3-14H2,1-2H3. The van der Waals surface area contributed by atoms with E-state index in [0.717, 1.165) is 57.8 Å². The zero-order valence-electron chi connectivity index (χ0n) is 15.4. The van der Waals surface area contributed by atoms with Crippen molar-refractivity contribution >= 4 is 11.9 Å². The van der Waals surface area contributed by atoms with Crippen LogP contribution < -0.4 is 0 Å². The average Bonchev–Trinajstić information content (AvgIpc) is 2.56. The maximum Gasteiger partial charge on any atom is 0.320 e. The first-order chi connectivity index (χ1) is 11.6. The van der Waals surface area contributed by atoms with E-state index in [1.807, 2.05) is 0 Å². The normalized spacial score (nSPS) is 20.3. The molecule has 0 N–H and O–H groups in total. The molecule has 0 aromatic heterocycles. The maximum absolute atomic E-state index is 12.6. The van der Waals surface area contributed by atoms with Crippen LogP contribution in [-0.4, -0.2) is 24.1 Å². The van der Waals surface area contributed by atoms with E-state index >= 15 is 0 Å². The SMILES string of the molecule is CC(C)CCC(C(=O)OC1CCCCC1)C(=O)OC1CCCCC1.